The van der Waals surface area contributed by atoms with Crippen molar-refractivity contribution in [2.45, 2.75) is 0 Å². The summed E-state index contributed by atoms with van der Waals surface area (Å²) in [6.45, 7) is 1.77. The molecule has 1 heterocycles. The fourth-order valence-electron chi connectivity index (χ4n) is 1.63. The van der Waals surface area contributed by atoms with Gasteiger partial charge in [0.15, 0.2) is 0 Å². The highest BCUT2D eigenvalue weighted by Crippen LogP contribution is 2.20. The average molecular weight is 231 g/mol. The van der Waals surface area contributed by atoms with Crippen molar-refractivity contribution in [1.82, 2.24) is 14.9 Å². The van der Waals surface area contributed by atoms with Crippen LogP contribution in [-0.2, 0) is 0 Å². The Morgan fingerprint density at radius 1 is 1.24 bits per heavy atom. The quantitative estimate of drug-likeness (QED) is 0.827. The van der Waals surface area contributed by atoms with Gasteiger partial charge >= 0.3 is 0 Å². The highest BCUT2D eigenvalue weighted by atomic mass is 15.1. The number of nitrogens with zero attached hydrogens (tertiary/aromatic N) is 3. The first-order valence-electron chi connectivity index (χ1n) is 5.57. The number of aromatic nitrogens is 2. The van der Waals surface area contributed by atoms with E-state index in [-0.39, 0.29) is 0 Å². The van der Waals surface area contributed by atoms with Crippen LogP contribution in [0.5, 0.6) is 0 Å². The lowest BCUT2D eigenvalue weighted by Crippen LogP contribution is -2.21. The molecule has 0 aliphatic heterocycles. The average Bonchev–Trinajstić information content (AvgIpc) is 2.28. The molecule has 0 saturated heterocycles. The molecule has 0 aliphatic carbocycles. The minimum atomic E-state index is 0.302. The number of rotatable bonds is 4. The van der Waals surface area contributed by atoms with E-state index in [2.05, 4.69) is 20.2 Å². The molecule has 0 fully saturated rings. The van der Waals surface area contributed by atoms with Gasteiger partial charge in [-0.25, -0.2) is 4.98 Å². The van der Waals surface area contributed by atoms with E-state index in [4.69, 9.17) is 5.73 Å². The largest absolute Gasteiger partial charge is 0.368 e. The van der Waals surface area contributed by atoms with Crippen molar-refractivity contribution in [3.05, 3.63) is 24.3 Å². The van der Waals surface area contributed by atoms with Gasteiger partial charge in [0.25, 0.3) is 0 Å². The number of nitrogen functional groups attached to an aromatic ring is 1. The Kier molecular flexibility index (Phi) is 3.39. The summed E-state index contributed by atoms with van der Waals surface area (Å²) in [5, 5.41) is 4.29. The van der Waals surface area contributed by atoms with Crippen LogP contribution in [-0.4, -0.2) is 42.1 Å². The van der Waals surface area contributed by atoms with Gasteiger partial charge in [0.1, 0.15) is 5.82 Å². The number of anilines is 2. The molecule has 0 unspecified atom stereocenters. The maximum Gasteiger partial charge on any atom is 0.222 e. The van der Waals surface area contributed by atoms with E-state index in [1.165, 1.54) is 0 Å². The molecule has 0 aliphatic rings. The zero-order valence-electron chi connectivity index (χ0n) is 10.1. The van der Waals surface area contributed by atoms with Gasteiger partial charge in [-0.15, -0.1) is 0 Å². The number of fused-ring (bicyclic) bond motifs is 1. The van der Waals surface area contributed by atoms with Crippen molar-refractivity contribution >= 4 is 22.7 Å². The first-order chi connectivity index (χ1) is 8.16. The number of likely N-dealkylation sites (N-methyl/N-ethyl adjacent to an activating group) is 1. The third-order valence-corrected chi connectivity index (χ3v) is 2.47. The molecule has 5 nitrogen and oxygen atoms in total. The number of benzene rings is 1. The molecule has 0 atom stereocenters. The molecule has 0 radical (unpaired) electrons. The Hall–Kier alpha value is -1.88. The highest BCUT2D eigenvalue weighted by molar-refractivity contribution is 5.89. The van der Waals surface area contributed by atoms with E-state index in [9.17, 15) is 0 Å². The van der Waals surface area contributed by atoms with E-state index in [1.54, 1.807) is 0 Å². The number of nitrogens with two attached hydrogens (primary N) is 1. The minimum Gasteiger partial charge on any atom is -0.368 e. The van der Waals surface area contributed by atoms with Gasteiger partial charge in [-0.1, -0.05) is 12.1 Å². The van der Waals surface area contributed by atoms with E-state index in [0.29, 0.717) is 5.95 Å². The predicted molar refractivity (Wildman–Crippen MR) is 71.0 cm³/mol. The van der Waals surface area contributed by atoms with Crippen LogP contribution in [0.3, 0.4) is 0 Å². The Bertz CT molecular complexity index is 509. The zero-order valence-corrected chi connectivity index (χ0v) is 10.1. The second kappa shape index (κ2) is 4.97. The van der Waals surface area contributed by atoms with Crippen LogP contribution in [0.15, 0.2) is 24.3 Å². The summed E-state index contributed by atoms with van der Waals surface area (Å²) in [6.07, 6.45) is 0. The third kappa shape index (κ3) is 2.82. The lowest BCUT2D eigenvalue weighted by molar-refractivity contribution is 0.425. The first kappa shape index (κ1) is 11.6. The van der Waals surface area contributed by atoms with Crippen molar-refractivity contribution < 1.29 is 0 Å². The van der Waals surface area contributed by atoms with Gasteiger partial charge in [-0.05, 0) is 26.2 Å². The summed E-state index contributed by atoms with van der Waals surface area (Å²) in [6, 6.07) is 7.84. The van der Waals surface area contributed by atoms with Crippen LogP contribution in [0.4, 0.5) is 11.8 Å². The van der Waals surface area contributed by atoms with Gasteiger partial charge in [0, 0.05) is 18.5 Å². The van der Waals surface area contributed by atoms with Crippen LogP contribution in [0.2, 0.25) is 0 Å². The predicted octanol–water partition coefficient (Wildman–Crippen LogP) is 1.19. The van der Waals surface area contributed by atoms with Crippen LogP contribution < -0.4 is 11.1 Å². The standard InChI is InChI=1S/C12H17N5/c1-17(2)8-7-14-11-9-5-3-4-6-10(9)15-12(13)16-11/h3-6H,7-8H2,1-2H3,(H3,13,14,15,16). The van der Waals surface area contributed by atoms with Crippen molar-refractivity contribution in [2.24, 2.45) is 0 Å². The molecule has 0 saturated carbocycles. The molecular weight excluding hydrogens is 214 g/mol. The van der Waals surface area contributed by atoms with E-state index < -0.39 is 0 Å². The monoisotopic (exact) mass is 231 g/mol. The normalized spacial score (nSPS) is 11.0. The molecule has 0 bridgehead atoms. The Morgan fingerprint density at radius 2 is 2.00 bits per heavy atom. The number of para-hydroxylation sites is 1. The summed E-state index contributed by atoms with van der Waals surface area (Å²) in [5.74, 6) is 1.10. The van der Waals surface area contributed by atoms with Crippen LogP contribution in [0.1, 0.15) is 0 Å². The number of hydrogen-bond acceptors (Lipinski definition) is 5. The van der Waals surface area contributed by atoms with Gasteiger partial charge in [-0.3, -0.25) is 0 Å². The summed E-state index contributed by atoms with van der Waals surface area (Å²) in [5.41, 5.74) is 6.55. The van der Waals surface area contributed by atoms with Crippen molar-refractivity contribution in [2.75, 3.05) is 38.2 Å². The zero-order chi connectivity index (χ0) is 12.3. The molecule has 2 rings (SSSR count). The smallest absolute Gasteiger partial charge is 0.222 e. The molecule has 0 amide bonds. The Morgan fingerprint density at radius 3 is 2.76 bits per heavy atom. The summed E-state index contributed by atoms with van der Waals surface area (Å²) < 4.78 is 0. The van der Waals surface area contributed by atoms with Gasteiger partial charge in [-0.2, -0.15) is 4.98 Å². The molecular formula is C12H17N5. The SMILES string of the molecule is CN(C)CCNc1nc(N)nc2ccccc12. The molecule has 0 spiro atoms. The van der Waals surface area contributed by atoms with E-state index >= 15 is 0 Å². The van der Waals surface area contributed by atoms with Gasteiger partial charge in [0.05, 0.1) is 5.52 Å². The van der Waals surface area contributed by atoms with Crippen LogP contribution in [0, 0.1) is 0 Å². The van der Waals surface area contributed by atoms with E-state index in [0.717, 1.165) is 29.8 Å². The third-order valence-electron chi connectivity index (χ3n) is 2.47. The molecule has 17 heavy (non-hydrogen) atoms. The summed E-state index contributed by atoms with van der Waals surface area (Å²) in [4.78, 5) is 10.5. The van der Waals surface area contributed by atoms with Gasteiger partial charge in [0.2, 0.25) is 5.95 Å². The van der Waals surface area contributed by atoms with Crippen LogP contribution in [0.25, 0.3) is 10.9 Å². The van der Waals surface area contributed by atoms with Crippen LogP contribution >= 0.6 is 0 Å². The van der Waals surface area contributed by atoms with Gasteiger partial charge < -0.3 is 16.0 Å². The highest BCUT2D eigenvalue weighted by Gasteiger charge is 2.04. The van der Waals surface area contributed by atoms with Crippen molar-refractivity contribution in [1.29, 1.82) is 0 Å². The molecule has 5 heteroatoms. The lowest BCUT2D eigenvalue weighted by Gasteiger charge is -2.12. The Balaban J connectivity index is 2.26. The second-order valence-corrected chi connectivity index (χ2v) is 4.18. The molecule has 2 aromatic rings. The lowest BCUT2D eigenvalue weighted by atomic mass is 10.2. The first-order valence-corrected chi connectivity index (χ1v) is 5.57. The molecule has 90 valence electrons. The van der Waals surface area contributed by atoms with E-state index in [1.807, 2.05) is 38.4 Å². The fraction of sp³-hybridized carbons (Fsp3) is 0.333. The number of hydrogen-bond donors (Lipinski definition) is 2. The summed E-state index contributed by atoms with van der Waals surface area (Å²) >= 11 is 0. The Labute approximate surface area is 101 Å². The summed E-state index contributed by atoms with van der Waals surface area (Å²) in [7, 11) is 4.07. The molecule has 3 N–H and O–H groups in total. The second-order valence-electron chi connectivity index (χ2n) is 4.18. The topological polar surface area (TPSA) is 67.1 Å². The minimum absolute atomic E-state index is 0.302. The molecule has 1 aromatic carbocycles. The van der Waals surface area contributed by atoms with Crippen molar-refractivity contribution in [3.8, 4) is 0 Å². The maximum atomic E-state index is 5.68. The number of nitrogens with one attached hydrogen (secondary N) is 1. The van der Waals surface area contributed by atoms with Crippen molar-refractivity contribution in [3.63, 3.8) is 0 Å². The fourth-order valence-corrected chi connectivity index (χ4v) is 1.63. The molecule has 1 aromatic heterocycles. The maximum absolute atomic E-state index is 5.68.